The molecule has 0 saturated carbocycles. The number of aryl methyl sites for hydroxylation is 2. The van der Waals surface area contributed by atoms with Gasteiger partial charge in [0.1, 0.15) is 18.2 Å². The van der Waals surface area contributed by atoms with Gasteiger partial charge in [0.15, 0.2) is 0 Å². The van der Waals surface area contributed by atoms with Crippen molar-refractivity contribution in [3.8, 4) is 5.75 Å². The highest BCUT2D eigenvalue weighted by molar-refractivity contribution is 9.10. The Kier molecular flexibility index (Phi) is 4.45. The minimum atomic E-state index is -0.794. The Balaban J connectivity index is 2.23. The normalized spacial score (nSPS) is 12.5. The number of hydrogen-bond donors (Lipinski definition) is 1. The number of nitrogens with zero attached hydrogens (tertiary/aromatic N) is 2. The minimum absolute atomic E-state index is 0.281. The van der Waals surface area contributed by atoms with E-state index in [1.807, 2.05) is 14.0 Å². The van der Waals surface area contributed by atoms with Crippen molar-refractivity contribution in [3.05, 3.63) is 45.4 Å². The average Bonchev–Trinajstić information content (AvgIpc) is 2.62. The fraction of sp³-hybridized carbons (Fsp3) is 0.357. The number of rotatable bonds is 4. The van der Waals surface area contributed by atoms with Crippen LogP contribution in [0.25, 0.3) is 0 Å². The highest BCUT2D eigenvalue weighted by Crippen LogP contribution is 2.28. The lowest BCUT2D eigenvalue weighted by Gasteiger charge is -2.14. The van der Waals surface area contributed by atoms with Gasteiger partial charge < -0.3 is 9.84 Å². The number of aliphatic hydroxyl groups is 1. The van der Waals surface area contributed by atoms with Gasteiger partial charge in [-0.3, -0.25) is 4.68 Å². The van der Waals surface area contributed by atoms with Crippen molar-refractivity contribution in [2.24, 2.45) is 7.05 Å². The lowest BCUT2D eigenvalue weighted by molar-refractivity contribution is 0.189. The van der Waals surface area contributed by atoms with E-state index in [1.165, 1.54) is 18.2 Å². The summed E-state index contributed by atoms with van der Waals surface area (Å²) in [5.41, 5.74) is 2.18. The second-order valence-electron chi connectivity index (χ2n) is 4.62. The zero-order valence-electron chi connectivity index (χ0n) is 11.5. The van der Waals surface area contributed by atoms with E-state index in [2.05, 4.69) is 21.0 Å². The number of aliphatic hydroxyl groups excluding tert-OH is 1. The van der Waals surface area contributed by atoms with Gasteiger partial charge in [0.05, 0.1) is 22.0 Å². The van der Waals surface area contributed by atoms with Crippen molar-refractivity contribution in [2.45, 2.75) is 26.6 Å². The summed E-state index contributed by atoms with van der Waals surface area (Å²) in [6, 6.07) is 4.11. The van der Waals surface area contributed by atoms with Gasteiger partial charge >= 0.3 is 0 Å². The lowest BCUT2D eigenvalue weighted by atomic mass is 10.1. The average molecular weight is 343 g/mol. The first kappa shape index (κ1) is 15.0. The molecular formula is C14H16BrFN2O2. The summed E-state index contributed by atoms with van der Waals surface area (Å²) < 4.78 is 21.5. The van der Waals surface area contributed by atoms with Crippen LogP contribution in [-0.4, -0.2) is 14.9 Å². The molecule has 0 amide bonds. The smallest absolute Gasteiger partial charge is 0.131 e. The van der Waals surface area contributed by atoms with Gasteiger partial charge in [-0.2, -0.15) is 5.10 Å². The van der Waals surface area contributed by atoms with Gasteiger partial charge in [0.25, 0.3) is 0 Å². The van der Waals surface area contributed by atoms with E-state index in [0.29, 0.717) is 11.3 Å². The molecule has 0 saturated heterocycles. The minimum Gasteiger partial charge on any atom is -0.487 e. The fourth-order valence-corrected chi connectivity index (χ4v) is 2.41. The van der Waals surface area contributed by atoms with Gasteiger partial charge in [-0.05, 0) is 48.0 Å². The standard InChI is InChI=1S/C14H16BrFN2O2/c1-8-14(15)12(18(3)17-8)7-20-13-5-4-10(16)6-11(13)9(2)19/h4-6,9,19H,7H2,1-3H3/t9-/m0/s1. The van der Waals surface area contributed by atoms with E-state index in [-0.39, 0.29) is 6.61 Å². The molecular weight excluding hydrogens is 327 g/mol. The predicted octanol–water partition coefficient (Wildman–Crippen LogP) is 3.26. The summed E-state index contributed by atoms with van der Waals surface area (Å²) in [6.45, 7) is 3.75. The van der Waals surface area contributed by atoms with Gasteiger partial charge in [-0.1, -0.05) is 0 Å². The van der Waals surface area contributed by atoms with Crippen LogP contribution in [0.3, 0.4) is 0 Å². The molecule has 0 unspecified atom stereocenters. The summed E-state index contributed by atoms with van der Waals surface area (Å²) in [7, 11) is 1.83. The van der Waals surface area contributed by atoms with E-state index in [4.69, 9.17) is 4.74 Å². The lowest BCUT2D eigenvalue weighted by Crippen LogP contribution is -2.06. The third-order valence-corrected chi connectivity index (χ3v) is 4.08. The first-order valence-corrected chi connectivity index (χ1v) is 6.97. The van der Waals surface area contributed by atoms with E-state index in [1.54, 1.807) is 11.6 Å². The Morgan fingerprint density at radius 2 is 2.20 bits per heavy atom. The maximum absolute atomic E-state index is 13.2. The van der Waals surface area contributed by atoms with Gasteiger partial charge in [-0.25, -0.2) is 4.39 Å². The molecule has 4 nitrogen and oxygen atoms in total. The van der Waals surface area contributed by atoms with Crippen molar-refractivity contribution in [2.75, 3.05) is 0 Å². The third kappa shape index (κ3) is 3.02. The molecule has 2 rings (SSSR count). The molecule has 0 aliphatic carbocycles. The SMILES string of the molecule is Cc1nn(C)c(COc2ccc(F)cc2[C@H](C)O)c1Br. The highest BCUT2D eigenvalue weighted by Gasteiger charge is 2.14. The molecule has 1 aromatic heterocycles. The van der Waals surface area contributed by atoms with Gasteiger partial charge in [0, 0.05) is 12.6 Å². The van der Waals surface area contributed by atoms with E-state index in [0.717, 1.165) is 15.9 Å². The van der Waals surface area contributed by atoms with Crippen molar-refractivity contribution in [1.82, 2.24) is 9.78 Å². The van der Waals surface area contributed by atoms with Crippen LogP contribution in [0.5, 0.6) is 5.75 Å². The van der Waals surface area contributed by atoms with E-state index >= 15 is 0 Å². The quantitative estimate of drug-likeness (QED) is 0.927. The summed E-state index contributed by atoms with van der Waals surface area (Å²) in [5, 5.41) is 13.9. The molecule has 0 radical (unpaired) electrons. The van der Waals surface area contributed by atoms with Crippen molar-refractivity contribution in [1.29, 1.82) is 0 Å². The first-order valence-electron chi connectivity index (χ1n) is 6.18. The second-order valence-corrected chi connectivity index (χ2v) is 5.41. The number of hydrogen-bond acceptors (Lipinski definition) is 3. The topological polar surface area (TPSA) is 47.3 Å². The Morgan fingerprint density at radius 3 is 2.75 bits per heavy atom. The molecule has 6 heteroatoms. The number of halogens is 2. The van der Waals surface area contributed by atoms with Crippen LogP contribution < -0.4 is 4.74 Å². The summed E-state index contributed by atoms with van der Waals surface area (Å²) in [5.74, 6) is 0.0676. The van der Waals surface area contributed by atoms with Crippen LogP contribution in [0.15, 0.2) is 22.7 Å². The van der Waals surface area contributed by atoms with Crippen molar-refractivity contribution in [3.63, 3.8) is 0 Å². The first-order chi connectivity index (χ1) is 9.40. The number of ether oxygens (including phenoxy) is 1. The Labute approximate surface area is 125 Å². The van der Waals surface area contributed by atoms with E-state index in [9.17, 15) is 9.50 Å². The molecule has 2 aromatic rings. The van der Waals surface area contributed by atoms with Gasteiger partial charge in [-0.15, -0.1) is 0 Å². The number of benzene rings is 1. The molecule has 1 atom stereocenters. The molecule has 0 bridgehead atoms. The zero-order valence-corrected chi connectivity index (χ0v) is 13.1. The second kappa shape index (κ2) is 5.93. The summed E-state index contributed by atoms with van der Waals surface area (Å²) >= 11 is 3.46. The highest BCUT2D eigenvalue weighted by atomic mass is 79.9. The maximum Gasteiger partial charge on any atom is 0.131 e. The van der Waals surface area contributed by atoms with Crippen molar-refractivity contribution < 1.29 is 14.2 Å². The number of aromatic nitrogens is 2. The van der Waals surface area contributed by atoms with Crippen LogP contribution >= 0.6 is 15.9 Å². The van der Waals surface area contributed by atoms with Crippen LogP contribution in [0, 0.1) is 12.7 Å². The molecule has 0 aliphatic rings. The maximum atomic E-state index is 13.2. The van der Waals surface area contributed by atoms with Crippen LogP contribution in [0.1, 0.15) is 30.0 Å². The third-order valence-electron chi connectivity index (χ3n) is 3.05. The molecule has 1 heterocycles. The fourth-order valence-electron chi connectivity index (χ4n) is 1.96. The summed E-state index contributed by atoms with van der Waals surface area (Å²) in [4.78, 5) is 0. The van der Waals surface area contributed by atoms with Crippen molar-refractivity contribution >= 4 is 15.9 Å². The predicted molar refractivity (Wildman–Crippen MR) is 77.0 cm³/mol. The van der Waals surface area contributed by atoms with Crippen LogP contribution in [0.2, 0.25) is 0 Å². The molecule has 0 aliphatic heterocycles. The Hall–Kier alpha value is -1.40. The van der Waals surface area contributed by atoms with Crippen LogP contribution in [0.4, 0.5) is 4.39 Å². The molecule has 20 heavy (non-hydrogen) atoms. The Bertz CT molecular complexity index is 626. The monoisotopic (exact) mass is 342 g/mol. The Morgan fingerprint density at radius 1 is 1.50 bits per heavy atom. The van der Waals surface area contributed by atoms with E-state index < -0.39 is 11.9 Å². The van der Waals surface area contributed by atoms with Crippen LogP contribution in [-0.2, 0) is 13.7 Å². The molecule has 0 spiro atoms. The molecule has 108 valence electrons. The molecule has 0 fully saturated rings. The zero-order chi connectivity index (χ0) is 14.9. The molecule has 1 N–H and O–H groups in total. The molecule has 1 aromatic carbocycles. The largest absolute Gasteiger partial charge is 0.487 e. The summed E-state index contributed by atoms with van der Waals surface area (Å²) in [6.07, 6.45) is -0.794. The van der Waals surface area contributed by atoms with Gasteiger partial charge in [0.2, 0.25) is 0 Å².